The second-order valence-corrected chi connectivity index (χ2v) is 5.82. The molecule has 0 fully saturated rings. The normalized spacial score (nSPS) is 12.7. The third-order valence-electron chi connectivity index (χ3n) is 3.65. The van der Waals surface area contributed by atoms with Gasteiger partial charge in [0.2, 0.25) is 5.69 Å². The van der Waals surface area contributed by atoms with Gasteiger partial charge in [-0.3, -0.25) is 0 Å². The highest BCUT2D eigenvalue weighted by atomic mass is 16.5. The van der Waals surface area contributed by atoms with Crippen molar-refractivity contribution in [2.24, 2.45) is 5.11 Å². The Morgan fingerprint density at radius 2 is 1.26 bits per heavy atom. The number of carboxylic acids is 2. The van der Waals surface area contributed by atoms with Gasteiger partial charge < -0.3 is 15.4 Å². The summed E-state index contributed by atoms with van der Waals surface area (Å²) in [6.07, 6.45) is 3.02. The topological polar surface area (TPSA) is 113 Å². The zero-order valence-corrected chi connectivity index (χ0v) is 14.8. The molecule has 2 aromatic rings. The SMILES string of the molecule is CC(=Cc1ccc(N=[N+]([O-])c2ccc(C=C(C)C(=O)O)cc2)cc1)C(=O)O. The largest absolute Gasteiger partial charge is 0.594 e. The van der Waals surface area contributed by atoms with E-state index in [1.165, 1.54) is 26.0 Å². The van der Waals surface area contributed by atoms with Crippen molar-refractivity contribution in [1.29, 1.82) is 0 Å². The molecule has 138 valence electrons. The van der Waals surface area contributed by atoms with E-state index in [0.717, 1.165) is 0 Å². The molecule has 0 heterocycles. The lowest BCUT2D eigenvalue weighted by Gasteiger charge is -2.01. The van der Waals surface area contributed by atoms with Gasteiger partial charge in [0.25, 0.3) is 0 Å². The van der Waals surface area contributed by atoms with Gasteiger partial charge in [-0.05, 0) is 61.4 Å². The van der Waals surface area contributed by atoms with Crippen molar-refractivity contribution in [3.05, 3.63) is 76.0 Å². The van der Waals surface area contributed by atoms with Crippen molar-refractivity contribution in [3.8, 4) is 0 Å². The summed E-state index contributed by atoms with van der Waals surface area (Å²) >= 11 is 0. The van der Waals surface area contributed by atoms with Crippen LogP contribution in [-0.2, 0) is 9.59 Å². The Labute approximate surface area is 155 Å². The summed E-state index contributed by atoms with van der Waals surface area (Å²) in [5, 5.41) is 33.8. The van der Waals surface area contributed by atoms with E-state index in [-0.39, 0.29) is 11.1 Å². The van der Waals surface area contributed by atoms with Crippen LogP contribution in [0.15, 0.2) is 64.8 Å². The zero-order valence-electron chi connectivity index (χ0n) is 14.8. The monoisotopic (exact) mass is 366 g/mol. The molecule has 0 aliphatic heterocycles. The Hall–Kier alpha value is -3.74. The minimum absolute atomic E-state index is 0.193. The minimum atomic E-state index is -1.00. The lowest BCUT2D eigenvalue weighted by Crippen LogP contribution is -1.95. The highest BCUT2D eigenvalue weighted by Crippen LogP contribution is 2.20. The predicted molar refractivity (Wildman–Crippen MR) is 101 cm³/mol. The number of hydrogen-bond donors (Lipinski definition) is 2. The van der Waals surface area contributed by atoms with Crippen molar-refractivity contribution in [3.63, 3.8) is 0 Å². The molecular formula is C20H18N2O5. The maximum Gasteiger partial charge on any atom is 0.331 e. The lowest BCUT2D eigenvalue weighted by atomic mass is 10.1. The van der Waals surface area contributed by atoms with E-state index < -0.39 is 11.9 Å². The van der Waals surface area contributed by atoms with E-state index in [4.69, 9.17) is 10.2 Å². The molecule has 0 aliphatic carbocycles. The molecule has 27 heavy (non-hydrogen) atoms. The predicted octanol–water partition coefficient (Wildman–Crippen LogP) is 4.59. The molecule has 0 saturated carbocycles. The first-order valence-corrected chi connectivity index (χ1v) is 7.98. The van der Waals surface area contributed by atoms with Crippen LogP contribution in [0.4, 0.5) is 11.4 Å². The van der Waals surface area contributed by atoms with Gasteiger partial charge in [0.1, 0.15) is 5.69 Å². The summed E-state index contributed by atoms with van der Waals surface area (Å²) < 4.78 is 0. The first-order chi connectivity index (χ1) is 12.8. The molecule has 0 radical (unpaired) electrons. The number of nitrogens with zero attached hydrogens (tertiary/aromatic N) is 2. The van der Waals surface area contributed by atoms with Crippen molar-refractivity contribution >= 4 is 35.5 Å². The third kappa shape index (κ3) is 5.64. The molecule has 0 aliphatic rings. The highest BCUT2D eigenvalue weighted by Gasteiger charge is 2.06. The first kappa shape index (κ1) is 19.6. The first-order valence-electron chi connectivity index (χ1n) is 7.98. The van der Waals surface area contributed by atoms with Crippen LogP contribution in [0, 0.1) is 5.21 Å². The number of hydrogen-bond acceptors (Lipinski definition) is 4. The van der Waals surface area contributed by atoms with E-state index in [0.29, 0.717) is 27.4 Å². The fourth-order valence-corrected chi connectivity index (χ4v) is 2.12. The fourth-order valence-electron chi connectivity index (χ4n) is 2.12. The smallest absolute Gasteiger partial charge is 0.331 e. The van der Waals surface area contributed by atoms with E-state index in [2.05, 4.69) is 5.11 Å². The van der Waals surface area contributed by atoms with Crippen LogP contribution in [0.3, 0.4) is 0 Å². The molecule has 0 saturated heterocycles. The van der Waals surface area contributed by atoms with Crippen molar-refractivity contribution in [2.45, 2.75) is 13.8 Å². The van der Waals surface area contributed by atoms with Crippen LogP contribution in [0.2, 0.25) is 0 Å². The summed E-state index contributed by atoms with van der Waals surface area (Å²) in [5.41, 5.74) is 2.47. The lowest BCUT2D eigenvalue weighted by molar-refractivity contribution is -0.435. The molecule has 0 spiro atoms. The van der Waals surface area contributed by atoms with Gasteiger partial charge in [-0.25, -0.2) is 9.59 Å². The Balaban J connectivity index is 2.17. The van der Waals surface area contributed by atoms with Gasteiger partial charge in [-0.2, -0.15) is 0 Å². The molecule has 7 heteroatoms. The van der Waals surface area contributed by atoms with Gasteiger partial charge in [0.15, 0.2) is 0 Å². The Morgan fingerprint density at radius 1 is 0.852 bits per heavy atom. The molecule has 0 bridgehead atoms. The van der Waals surface area contributed by atoms with Crippen molar-refractivity contribution in [2.75, 3.05) is 0 Å². The van der Waals surface area contributed by atoms with Crippen LogP contribution in [0.25, 0.3) is 12.2 Å². The van der Waals surface area contributed by atoms with Crippen LogP contribution >= 0.6 is 0 Å². The van der Waals surface area contributed by atoms with Gasteiger partial charge in [0, 0.05) is 28.4 Å². The summed E-state index contributed by atoms with van der Waals surface area (Å²) in [6.45, 7) is 2.99. The maximum absolute atomic E-state index is 12.2. The number of carboxylic acid groups (broad SMARTS) is 2. The molecule has 0 atom stereocenters. The average molecular weight is 366 g/mol. The fraction of sp³-hybridized carbons (Fsp3) is 0.100. The summed E-state index contributed by atoms with van der Waals surface area (Å²) in [6, 6.07) is 12.9. The van der Waals surface area contributed by atoms with Crippen LogP contribution in [-0.4, -0.2) is 27.0 Å². The Kier molecular flexibility index (Phi) is 6.22. The summed E-state index contributed by atoms with van der Waals surface area (Å²) in [5.74, 6) is -2.00. The van der Waals surface area contributed by atoms with Gasteiger partial charge in [-0.1, -0.05) is 17.0 Å². The van der Waals surface area contributed by atoms with E-state index in [1.54, 1.807) is 48.5 Å². The van der Waals surface area contributed by atoms with Crippen LogP contribution < -0.4 is 0 Å². The summed E-state index contributed by atoms with van der Waals surface area (Å²) in [4.78, 5) is 22.1. The third-order valence-corrected chi connectivity index (χ3v) is 3.65. The van der Waals surface area contributed by atoms with E-state index in [9.17, 15) is 14.8 Å². The molecule has 2 N–H and O–H groups in total. The number of azo groups is 1. The second kappa shape index (κ2) is 8.57. The number of rotatable bonds is 6. The van der Waals surface area contributed by atoms with Gasteiger partial charge in [-0.15, -0.1) is 0 Å². The zero-order chi connectivity index (χ0) is 20.0. The Morgan fingerprint density at radius 3 is 1.67 bits per heavy atom. The molecule has 0 aromatic heterocycles. The average Bonchev–Trinajstić information content (AvgIpc) is 2.63. The van der Waals surface area contributed by atoms with Gasteiger partial charge in [0.05, 0.1) is 0 Å². The molecular weight excluding hydrogens is 348 g/mol. The summed E-state index contributed by atoms with van der Waals surface area (Å²) in [7, 11) is 0. The molecule has 7 nitrogen and oxygen atoms in total. The minimum Gasteiger partial charge on any atom is -0.594 e. The highest BCUT2D eigenvalue weighted by molar-refractivity contribution is 5.91. The van der Waals surface area contributed by atoms with E-state index in [1.807, 2.05) is 0 Å². The number of aliphatic carboxylic acids is 2. The maximum atomic E-state index is 12.2. The Bertz CT molecular complexity index is 939. The second-order valence-electron chi connectivity index (χ2n) is 5.82. The number of benzene rings is 2. The van der Waals surface area contributed by atoms with Gasteiger partial charge >= 0.3 is 11.9 Å². The number of carbonyl (C=O) groups is 2. The molecule has 2 aromatic carbocycles. The molecule has 0 unspecified atom stereocenters. The quantitative estimate of drug-likeness (QED) is 0.336. The van der Waals surface area contributed by atoms with E-state index >= 15 is 0 Å². The molecule has 2 rings (SSSR count). The van der Waals surface area contributed by atoms with Crippen LogP contribution in [0.5, 0.6) is 0 Å². The standard InChI is InChI=1S/C20H18N2O5/c1-13(19(23)24)11-15-3-7-17(8-4-15)21-22(27)18-9-5-16(6-10-18)12-14(2)20(25)26/h3-12H,1-2H3,(H,23,24)(H,25,26). The molecule has 0 amide bonds. The van der Waals surface area contributed by atoms with Crippen LogP contribution in [0.1, 0.15) is 25.0 Å². The van der Waals surface area contributed by atoms with Crippen molar-refractivity contribution in [1.82, 2.24) is 0 Å². The van der Waals surface area contributed by atoms with Crippen molar-refractivity contribution < 1.29 is 24.7 Å².